The summed E-state index contributed by atoms with van der Waals surface area (Å²) in [6.45, 7) is 5.95. The van der Waals surface area contributed by atoms with Crippen LogP contribution in [0.3, 0.4) is 0 Å². The fourth-order valence-corrected chi connectivity index (χ4v) is 3.38. The van der Waals surface area contributed by atoms with Crippen LogP contribution in [-0.4, -0.2) is 35.1 Å². The van der Waals surface area contributed by atoms with Gasteiger partial charge in [-0.15, -0.1) is 0 Å². The number of carboxylic acid groups (broad SMARTS) is 1. The first-order chi connectivity index (χ1) is 9.76. The van der Waals surface area contributed by atoms with E-state index in [9.17, 15) is 9.59 Å². The molecule has 1 aromatic carbocycles. The summed E-state index contributed by atoms with van der Waals surface area (Å²) >= 11 is 6.83. The van der Waals surface area contributed by atoms with Crippen LogP contribution in [0.2, 0.25) is 0 Å². The highest BCUT2D eigenvalue weighted by Crippen LogP contribution is 2.32. The fourth-order valence-electron chi connectivity index (χ4n) is 1.77. The predicted octanol–water partition coefficient (Wildman–Crippen LogP) is 4.09. The number of nitrogens with zero attached hydrogens (tertiary/aromatic N) is 1. The molecule has 0 aliphatic heterocycles. The molecule has 0 bridgehead atoms. The number of amides is 2. The van der Waals surface area contributed by atoms with E-state index in [1.165, 1.54) is 4.90 Å². The van der Waals surface area contributed by atoms with Gasteiger partial charge in [0, 0.05) is 22.0 Å². The first-order valence-electron chi connectivity index (χ1n) is 6.50. The Balaban J connectivity index is 2.86. The minimum atomic E-state index is -0.918. The van der Waals surface area contributed by atoms with Gasteiger partial charge in [-0.25, -0.2) is 4.79 Å². The third kappa shape index (κ3) is 5.00. The second-order valence-corrected chi connectivity index (χ2v) is 6.52. The number of hydrogen-bond acceptors (Lipinski definition) is 2. The smallest absolute Gasteiger partial charge is 0.321 e. The topological polar surface area (TPSA) is 69.6 Å². The first-order valence-corrected chi connectivity index (χ1v) is 8.09. The summed E-state index contributed by atoms with van der Waals surface area (Å²) in [5.74, 6) is -1.53. The highest BCUT2D eigenvalue weighted by molar-refractivity contribution is 9.11. The van der Waals surface area contributed by atoms with Crippen LogP contribution in [0.5, 0.6) is 0 Å². The van der Waals surface area contributed by atoms with Crippen LogP contribution in [0.15, 0.2) is 21.1 Å². The fraction of sp³-hybridized carbons (Fsp3) is 0.429. The van der Waals surface area contributed by atoms with E-state index >= 15 is 0 Å². The Labute approximate surface area is 141 Å². The molecule has 0 spiro atoms. The molecule has 5 nitrogen and oxygen atoms in total. The standard InChI is InChI=1S/C14H18Br2N2O3/c1-4-18(7-9(3)13(19)20)14(21)17-12-10(15)5-8(2)6-11(12)16/h5-6,9H,4,7H2,1-3H3,(H,17,21)(H,19,20). The van der Waals surface area contributed by atoms with Crippen molar-refractivity contribution >= 4 is 49.5 Å². The number of carbonyl (C=O) groups is 2. The van der Waals surface area contributed by atoms with E-state index in [1.807, 2.05) is 26.0 Å². The SMILES string of the molecule is CCN(CC(C)C(=O)O)C(=O)Nc1c(Br)cc(C)cc1Br. The summed E-state index contributed by atoms with van der Waals surface area (Å²) < 4.78 is 1.54. The number of aliphatic carboxylic acids is 1. The van der Waals surface area contributed by atoms with Gasteiger partial charge in [0.05, 0.1) is 11.6 Å². The molecule has 0 saturated heterocycles. The van der Waals surface area contributed by atoms with Crippen molar-refractivity contribution in [1.29, 1.82) is 0 Å². The van der Waals surface area contributed by atoms with Crippen molar-refractivity contribution in [3.63, 3.8) is 0 Å². The quantitative estimate of drug-likeness (QED) is 0.751. The molecule has 7 heteroatoms. The molecule has 21 heavy (non-hydrogen) atoms. The minimum Gasteiger partial charge on any atom is -0.481 e. The van der Waals surface area contributed by atoms with E-state index < -0.39 is 11.9 Å². The Morgan fingerprint density at radius 1 is 1.33 bits per heavy atom. The maximum atomic E-state index is 12.3. The van der Waals surface area contributed by atoms with Gasteiger partial charge in [-0.05, 0) is 63.4 Å². The Bertz CT molecular complexity index is 526. The summed E-state index contributed by atoms with van der Waals surface area (Å²) in [7, 11) is 0. The number of rotatable bonds is 5. The number of nitrogens with one attached hydrogen (secondary N) is 1. The van der Waals surface area contributed by atoms with Crippen LogP contribution in [0.4, 0.5) is 10.5 Å². The Kier molecular flexibility index (Phi) is 6.67. The monoisotopic (exact) mass is 420 g/mol. The predicted molar refractivity (Wildman–Crippen MR) is 89.6 cm³/mol. The molecule has 0 radical (unpaired) electrons. The highest BCUT2D eigenvalue weighted by atomic mass is 79.9. The van der Waals surface area contributed by atoms with Crippen LogP contribution in [-0.2, 0) is 4.79 Å². The van der Waals surface area contributed by atoms with Gasteiger partial charge < -0.3 is 15.3 Å². The number of hydrogen-bond donors (Lipinski definition) is 2. The van der Waals surface area contributed by atoms with Crippen molar-refractivity contribution < 1.29 is 14.7 Å². The molecule has 1 atom stereocenters. The van der Waals surface area contributed by atoms with Crippen molar-refractivity contribution in [2.45, 2.75) is 20.8 Å². The van der Waals surface area contributed by atoms with E-state index in [1.54, 1.807) is 6.92 Å². The van der Waals surface area contributed by atoms with Crippen molar-refractivity contribution in [2.75, 3.05) is 18.4 Å². The van der Waals surface area contributed by atoms with Gasteiger partial charge >= 0.3 is 12.0 Å². The van der Waals surface area contributed by atoms with Gasteiger partial charge in [0.15, 0.2) is 0 Å². The number of urea groups is 1. The molecule has 0 aromatic heterocycles. The molecule has 0 aliphatic rings. The van der Waals surface area contributed by atoms with Crippen LogP contribution in [0, 0.1) is 12.8 Å². The van der Waals surface area contributed by atoms with Crippen LogP contribution < -0.4 is 5.32 Å². The Morgan fingerprint density at radius 2 is 1.86 bits per heavy atom. The third-order valence-electron chi connectivity index (χ3n) is 3.00. The van der Waals surface area contributed by atoms with Crippen molar-refractivity contribution in [3.05, 3.63) is 26.6 Å². The van der Waals surface area contributed by atoms with E-state index in [0.717, 1.165) is 14.5 Å². The molecule has 116 valence electrons. The molecule has 2 N–H and O–H groups in total. The largest absolute Gasteiger partial charge is 0.481 e. The number of carboxylic acids is 1. The van der Waals surface area contributed by atoms with E-state index in [4.69, 9.17) is 5.11 Å². The molecule has 1 rings (SSSR count). The molecular weight excluding hydrogens is 404 g/mol. The summed E-state index contributed by atoms with van der Waals surface area (Å²) in [5, 5.41) is 11.7. The second kappa shape index (κ2) is 7.79. The van der Waals surface area contributed by atoms with Gasteiger partial charge in [0.2, 0.25) is 0 Å². The average Bonchev–Trinajstić information content (AvgIpc) is 2.39. The zero-order chi connectivity index (χ0) is 16.2. The molecule has 1 aromatic rings. The maximum Gasteiger partial charge on any atom is 0.321 e. The van der Waals surface area contributed by atoms with Crippen LogP contribution in [0.1, 0.15) is 19.4 Å². The van der Waals surface area contributed by atoms with Gasteiger partial charge in [-0.2, -0.15) is 0 Å². The zero-order valence-electron chi connectivity index (χ0n) is 12.1. The lowest BCUT2D eigenvalue weighted by Crippen LogP contribution is -2.39. The highest BCUT2D eigenvalue weighted by Gasteiger charge is 2.20. The van der Waals surface area contributed by atoms with E-state index in [0.29, 0.717) is 12.2 Å². The van der Waals surface area contributed by atoms with E-state index in [2.05, 4.69) is 37.2 Å². The number of aryl methyl sites for hydroxylation is 1. The Hall–Kier alpha value is -1.08. The second-order valence-electron chi connectivity index (χ2n) is 4.81. The molecule has 0 heterocycles. The molecule has 0 fully saturated rings. The minimum absolute atomic E-state index is 0.165. The number of anilines is 1. The third-order valence-corrected chi connectivity index (χ3v) is 4.25. The van der Waals surface area contributed by atoms with Crippen molar-refractivity contribution in [3.8, 4) is 0 Å². The van der Waals surface area contributed by atoms with Gasteiger partial charge in [-0.3, -0.25) is 4.79 Å². The number of benzene rings is 1. The van der Waals surface area contributed by atoms with Crippen molar-refractivity contribution in [2.24, 2.45) is 5.92 Å². The summed E-state index contributed by atoms with van der Waals surface area (Å²) in [5.41, 5.74) is 1.69. The molecular formula is C14H18Br2N2O3. The normalized spacial score (nSPS) is 11.9. The number of carbonyl (C=O) groups excluding carboxylic acids is 1. The Morgan fingerprint density at radius 3 is 2.29 bits per heavy atom. The molecule has 0 saturated carbocycles. The lowest BCUT2D eigenvalue weighted by Gasteiger charge is -2.24. The summed E-state index contributed by atoms with van der Waals surface area (Å²) in [6, 6.07) is 3.48. The van der Waals surface area contributed by atoms with Crippen LogP contribution in [0.25, 0.3) is 0 Å². The van der Waals surface area contributed by atoms with Gasteiger partial charge in [0.1, 0.15) is 0 Å². The van der Waals surface area contributed by atoms with Crippen molar-refractivity contribution in [1.82, 2.24) is 4.90 Å². The first kappa shape index (κ1) is 18.0. The van der Waals surface area contributed by atoms with E-state index in [-0.39, 0.29) is 12.6 Å². The van der Waals surface area contributed by atoms with Crippen LogP contribution >= 0.6 is 31.9 Å². The number of halogens is 2. The lowest BCUT2D eigenvalue weighted by molar-refractivity contribution is -0.141. The van der Waals surface area contributed by atoms with Gasteiger partial charge in [-0.1, -0.05) is 6.92 Å². The molecule has 0 aliphatic carbocycles. The summed E-state index contributed by atoms with van der Waals surface area (Å²) in [4.78, 5) is 24.6. The average molecular weight is 422 g/mol. The maximum absolute atomic E-state index is 12.3. The molecule has 2 amide bonds. The zero-order valence-corrected chi connectivity index (χ0v) is 15.3. The summed E-state index contributed by atoms with van der Waals surface area (Å²) in [6.07, 6.45) is 0. The lowest BCUT2D eigenvalue weighted by atomic mass is 10.2. The molecule has 1 unspecified atom stereocenters. The van der Waals surface area contributed by atoms with Gasteiger partial charge in [0.25, 0.3) is 0 Å².